The second kappa shape index (κ2) is 10.9. The molecule has 0 saturated heterocycles. The Balaban J connectivity index is 2.60. The van der Waals surface area contributed by atoms with Gasteiger partial charge in [0.2, 0.25) is 0 Å². The predicted molar refractivity (Wildman–Crippen MR) is 96.6 cm³/mol. The lowest BCUT2D eigenvalue weighted by atomic mass is 10.2. The average molecular weight is 321 g/mol. The van der Waals surface area contributed by atoms with Crippen LogP contribution in [0.4, 0.5) is 11.5 Å². The second-order valence-corrected chi connectivity index (χ2v) is 5.69. The van der Waals surface area contributed by atoms with Crippen molar-refractivity contribution in [1.82, 2.24) is 4.98 Å². The average Bonchev–Trinajstić information content (AvgIpc) is 2.51. The third-order valence-electron chi connectivity index (χ3n) is 3.51. The molecule has 1 heterocycles. The molecule has 5 heteroatoms. The number of aliphatic hydroxyl groups excluding tert-OH is 1. The number of nitrogens with two attached hydrogens (primary N) is 1. The fourth-order valence-electron chi connectivity index (χ4n) is 2.48. The number of nitrogens with zero attached hydrogens (tertiary/aromatic N) is 2. The van der Waals surface area contributed by atoms with Crippen LogP contribution in [0.25, 0.3) is 0 Å². The van der Waals surface area contributed by atoms with Crippen molar-refractivity contribution in [3.8, 4) is 0 Å². The first kappa shape index (κ1) is 19.3. The molecule has 0 saturated carbocycles. The van der Waals surface area contributed by atoms with Gasteiger partial charge in [-0.25, -0.2) is 4.98 Å². The molecule has 0 unspecified atom stereocenters. The Morgan fingerprint density at radius 2 is 2.00 bits per heavy atom. The fraction of sp³-hybridized carbons (Fsp3) is 0.611. The zero-order valence-corrected chi connectivity index (χ0v) is 14.6. The molecule has 0 aromatic carbocycles. The number of rotatable bonds is 12. The molecule has 0 fully saturated rings. The molecule has 23 heavy (non-hydrogen) atoms. The quantitative estimate of drug-likeness (QED) is 0.457. The van der Waals surface area contributed by atoms with Gasteiger partial charge in [-0.15, -0.1) is 0 Å². The van der Waals surface area contributed by atoms with Gasteiger partial charge in [-0.3, -0.25) is 0 Å². The highest BCUT2D eigenvalue weighted by Gasteiger charge is 2.08. The summed E-state index contributed by atoms with van der Waals surface area (Å²) in [7, 11) is 0. The SMILES string of the molecule is C=C(CCO)OCCCc1cc(N(CCC)CCC)cc(N)n1. The summed E-state index contributed by atoms with van der Waals surface area (Å²) >= 11 is 0. The van der Waals surface area contributed by atoms with Gasteiger partial charge in [-0.05, 0) is 31.7 Å². The molecule has 0 spiro atoms. The topological polar surface area (TPSA) is 71.6 Å². The molecule has 130 valence electrons. The molecular weight excluding hydrogens is 290 g/mol. The first-order valence-corrected chi connectivity index (χ1v) is 8.53. The van der Waals surface area contributed by atoms with E-state index in [-0.39, 0.29) is 6.61 Å². The minimum atomic E-state index is 0.0731. The molecule has 1 aromatic heterocycles. The summed E-state index contributed by atoms with van der Waals surface area (Å²) in [5, 5.41) is 8.80. The maximum Gasteiger partial charge on any atom is 0.125 e. The largest absolute Gasteiger partial charge is 0.498 e. The molecule has 0 bridgehead atoms. The summed E-state index contributed by atoms with van der Waals surface area (Å²) in [4.78, 5) is 6.78. The standard InChI is InChI=1S/C18H31N3O2/c1-4-9-21(10-5-2)17-13-16(20-18(19)14-17)7-6-12-23-15(3)8-11-22/h13-14,22H,3-12H2,1-2H3,(H2,19,20). The van der Waals surface area contributed by atoms with E-state index in [1.807, 2.05) is 6.07 Å². The van der Waals surface area contributed by atoms with E-state index >= 15 is 0 Å². The number of hydrogen-bond donors (Lipinski definition) is 2. The van der Waals surface area contributed by atoms with Crippen LogP contribution >= 0.6 is 0 Å². The van der Waals surface area contributed by atoms with Crippen molar-refractivity contribution in [2.24, 2.45) is 0 Å². The van der Waals surface area contributed by atoms with E-state index in [2.05, 4.69) is 36.4 Å². The maximum absolute atomic E-state index is 8.80. The van der Waals surface area contributed by atoms with E-state index < -0.39 is 0 Å². The highest BCUT2D eigenvalue weighted by Crippen LogP contribution is 2.20. The summed E-state index contributed by atoms with van der Waals surface area (Å²) in [5.41, 5.74) is 8.12. The third kappa shape index (κ3) is 7.37. The molecular formula is C18H31N3O2. The Labute approximate surface area is 140 Å². The number of ether oxygens (including phenoxy) is 1. The minimum absolute atomic E-state index is 0.0731. The zero-order valence-electron chi connectivity index (χ0n) is 14.6. The monoisotopic (exact) mass is 321 g/mol. The van der Waals surface area contributed by atoms with Gasteiger partial charge < -0.3 is 20.5 Å². The van der Waals surface area contributed by atoms with Crippen molar-refractivity contribution < 1.29 is 9.84 Å². The number of nitrogen functional groups attached to an aromatic ring is 1. The van der Waals surface area contributed by atoms with Crippen molar-refractivity contribution in [1.29, 1.82) is 0 Å². The lowest BCUT2D eigenvalue weighted by Gasteiger charge is -2.24. The van der Waals surface area contributed by atoms with Gasteiger partial charge >= 0.3 is 0 Å². The van der Waals surface area contributed by atoms with Crippen molar-refractivity contribution in [3.63, 3.8) is 0 Å². The highest BCUT2D eigenvalue weighted by atomic mass is 16.5. The summed E-state index contributed by atoms with van der Waals surface area (Å²) in [6.45, 7) is 10.8. The van der Waals surface area contributed by atoms with Crippen LogP contribution in [0.5, 0.6) is 0 Å². The van der Waals surface area contributed by atoms with Crippen LogP contribution in [0, 0.1) is 0 Å². The zero-order chi connectivity index (χ0) is 17.1. The Kier molecular flexibility index (Phi) is 9.14. The number of hydrogen-bond acceptors (Lipinski definition) is 5. The summed E-state index contributed by atoms with van der Waals surface area (Å²) in [6, 6.07) is 4.08. The number of aryl methyl sites for hydroxylation is 1. The molecule has 0 atom stereocenters. The molecule has 5 nitrogen and oxygen atoms in total. The van der Waals surface area contributed by atoms with Crippen LogP contribution in [-0.2, 0) is 11.2 Å². The van der Waals surface area contributed by atoms with Crippen molar-refractivity contribution in [2.75, 3.05) is 36.9 Å². The van der Waals surface area contributed by atoms with Crippen LogP contribution < -0.4 is 10.6 Å². The van der Waals surface area contributed by atoms with Crippen LogP contribution in [0.2, 0.25) is 0 Å². The molecule has 3 N–H and O–H groups in total. The van der Waals surface area contributed by atoms with Gasteiger partial charge in [0.25, 0.3) is 0 Å². The van der Waals surface area contributed by atoms with Crippen LogP contribution in [-0.4, -0.2) is 36.4 Å². The van der Waals surface area contributed by atoms with E-state index in [1.54, 1.807) is 0 Å². The number of aliphatic hydroxyl groups is 1. The molecule has 0 aliphatic heterocycles. The van der Waals surface area contributed by atoms with E-state index in [4.69, 9.17) is 15.6 Å². The maximum atomic E-state index is 8.80. The minimum Gasteiger partial charge on any atom is -0.498 e. The van der Waals surface area contributed by atoms with Crippen LogP contribution in [0.15, 0.2) is 24.5 Å². The van der Waals surface area contributed by atoms with Gasteiger partial charge in [0.05, 0.1) is 19.0 Å². The lowest BCUT2D eigenvalue weighted by Crippen LogP contribution is -2.25. The fourth-order valence-corrected chi connectivity index (χ4v) is 2.48. The van der Waals surface area contributed by atoms with Crippen LogP contribution in [0.1, 0.15) is 45.2 Å². The summed E-state index contributed by atoms with van der Waals surface area (Å²) in [5.74, 6) is 1.20. The van der Waals surface area contributed by atoms with E-state index in [1.165, 1.54) is 0 Å². The molecule has 1 rings (SSSR count). The van der Waals surface area contributed by atoms with Crippen molar-refractivity contribution in [3.05, 3.63) is 30.2 Å². The first-order chi connectivity index (χ1) is 11.1. The Hall–Kier alpha value is -1.75. The Morgan fingerprint density at radius 3 is 2.61 bits per heavy atom. The normalized spacial score (nSPS) is 10.6. The van der Waals surface area contributed by atoms with Gasteiger partial charge in [0.1, 0.15) is 5.82 Å². The van der Waals surface area contributed by atoms with Gasteiger partial charge in [0, 0.05) is 37.0 Å². The molecule has 0 aliphatic carbocycles. The molecule has 0 amide bonds. The van der Waals surface area contributed by atoms with Crippen molar-refractivity contribution in [2.45, 2.75) is 46.0 Å². The summed E-state index contributed by atoms with van der Waals surface area (Å²) < 4.78 is 5.47. The molecule has 1 aromatic rings. The smallest absolute Gasteiger partial charge is 0.125 e. The molecule has 0 radical (unpaired) electrons. The van der Waals surface area contributed by atoms with Gasteiger partial charge in [0.15, 0.2) is 0 Å². The Bertz CT molecular complexity index is 471. The number of aromatic nitrogens is 1. The van der Waals surface area contributed by atoms with E-state index in [0.29, 0.717) is 24.6 Å². The van der Waals surface area contributed by atoms with Gasteiger partial charge in [-0.1, -0.05) is 20.4 Å². The second-order valence-electron chi connectivity index (χ2n) is 5.69. The predicted octanol–water partition coefficient (Wildman–Crippen LogP) is 3.14. The summed E-state index contributed by atoms with van der Waals surface area (Å²) in [6.07, 6.45) is 4.37. The van der Waals surface area contributed by atoms with Crippen LogP contribution in [0.3, 0.4) is 0 Å². The third-order valence-corrected chi connectivity index (χ3v) is 3.51. The number of pyridine rings is 1. The number of anilines is 2. The Morgan fingerprint density at radius 1 is 1.30 bits per heavy atom. The van der Waals surface area contributed by atoms with E-state index in [0.717, 1.165) is 50.2 Å². The molecule has 0 aliphatic rings. The van der Waals surface area contributed by atoms with Crippen molar-refractivity contribution >= 4 is 11.5 Å². The highest BCUT2D eigenvalue weighted by molar-refractivity contribution is 5.54. The lowest BCUT2D eigenvalue weighted by molar-refractivity contribution is 0.181. The van der Waals surface area contributed by atoms with Gasteiger partial charge in [-0.2, -0.15) is 0 Å². The first-order valence-electron chi connectivity index (χ1n) is 8.53. The van der Waals surface area contributed by atoms with E-state index in [9.17, 15) is 0 Å².